The normalized spacial score (nSPS) is 17.2. The van der Waals surface area contributed by atoms with Gasteiger partial charge in [-0.25, -0.2) is 4.79 Å². The van der Waals surface area contributed by atoms with E-state index in [0.29, 0.717) is 5.92 Å². The molecule has 3 N–H and O–H groups in total. The Bertz CT molecular complexity index is 226. The maximum absolute atomic E-state index is 11.2. The highest BCUT2D eigenvalue weighted by Gasteiger charge is 2.28. The molecule has 0 saturated heterocycles. The summed E-state index contributed by atoms with van der Waals surface area (Å²) in [5, 5.41) is 13.6. The minimum atomic E-state index is -0.902. The molecule has 0 bridgehead atoms. The molecule has 80 valence electrons. The zero-order chi connectivity index (χ0) is 10.6. The molecular weight excluding hydrogens is 184 g/mol. The fourth-order valence-corrected chi connectivity index (χ4v) is 1.25. The average Bonchev–Trinajstić information content (AvgIpc) is 2.84. The molecule has 1 aliphatic rings. The first-order valence-electron chi connectivity index (χ1n) is 4.85. The summed E-state index contributed by atoms with van der Waals surface area (Å²) in [5.74, 6) is -0.291. The number of aliphatic carboxylic acids is 1. The lowest BCUT2D eigenvalue weighted by atomic mass is 10.2. The Kier molecular flexibility index (Phi) is 3.73. The lowest BCUT2D eigenvalue weighted by Crippen LogP contribution is -2.42. The van der Waals surface area contributed by atoms with Gasteiger partial charge in [0.2, 0.25) is 0 Å². The molecule has 5 nitrogen and oxygen atoms in total. The predicted molar refractivity (Wildman–Crippen MR) is 51.0 cm³/mol. The molecule has 0 aromatic rings. The summed E-state index contributed by atoms with van der Waals surface area (Å²) in [6.07, 6.45) is 2.32. The van der Waals surface area contributed by atoms with E-state index in [1.165, 1.54) is 12.8 Å². The van der Waals surface area contributed by atoms with E-state index < -0.39 is 5.97 Å². The van der Waals surface area contributed by atoms with Crippen LogP contribution in [0.2, 0.25) is 0 Å². The zero-order valence-electron chi connectivity index (χ0n) is 8.25. The summed E-state index contributed by atoms with van der Waals surface area (Å²) in [6.45, 7) is 2.15. The van der Waals surface area contributed by atoms with Crippen LogP contribution in [0.5, 0.6) is 0 Å². The van der Waals surface area contributed by atoms with Crippen LogP contribution >= 0.6 is 0 Å². The molecule has 0 aliphatic heterocycles. The Morgan fingerprint density at radius 3 is 2.64 bits per heavy atom. The van der Waals surface area contributed by atoms with Crippen molar-refractivity contribution in [2.75, 3.05) is 6.54 Å². The summed E-state index contributed by atoms with van der Waals surface area (Å²) in [6, 6.07) is -0.0783. The summed E-state index contributed by atoms with van der Waals surface area (Å²) in [5.41, 5.74) is 0. The van der Waals surface area contributed by atoms with Gasteiger partial charge >= 0.3 is 12.0 Å². The third-order valence-electron chi connectivity index (χ3n) is 2.31. The number of amides is 2. The molecule has 5 heteroatoms. The molecule has 0 spiro atoms. The lowest BCUT2D eigenvalue weighted by Gasteiger charge is -2.12. The smallest absolute Gasteiger partial charge is 0.315 e. The number of rotatable bonds is 5. The van der Waals surface area contributed by atoms with Crippen molar-refractivity contribution in [2.24, 2.45) is 5.92 Å². The molecule has 0 heterocycles. The minimum Gasteiger partial charge on any atom is -0.481 e. The van der Waals surface area contributed by atoms with Crippen LogP contribution in [-0.2, 0) is 4.79 Å². The molecule has 0 aromatic heterocycles. The van der Waals surface area contributed by atoms with Gasteiger partial charge in [-0.2, -0.15) is 0 Å². The molecule has 0 radical (unpaired) electrons. The van der Waals surface area contributed by atoms with Crippen LogP contribution in [0.3, 0.4) is 0 Å². The monoisotopic (exact) mass is 200 g/mol. The highest BCUT2D eigenvalue weighted by Crippen LogP contribution is 2.32. The van der Waals surface area contributed by atoms with E-state index in [-0.39, 0.29) is 25.0 Å². The molecular formula is C9H16N2O3. The summed E-state index contributed by atoms with van der Waals surface area (Å²) >= 11 is 0. The van der Waals surface area contributed by atoms with E-state index in [1.807, 2.05) is 6.92 Å². The third kappa shape index (κ3) is 4.11. The molecule has 1 saturated carbocycles. The van der Waals surface area contributed by atoms with Gasteiger partial charge in [0.15, 0.2) is 0 Å². The fraction of sp³-hybridized carbons (Fsp3) is 0.778. The van der Waals surface area contributed by atoms with Crippen LogP contribution in [0, 0.1) is 5.92 Å². The van der Waals surface area contributed by atoms with Crippen molar-refractivity contribution in [2.45, 2.75) is 32.2 Å². The van der Waals surface area contributed by atoms with Crippen molar-refractivity contribution < 1.29 is 14.7 Å². The summed E-state index contributed by atoms with van der Waals surface area (Å²) in [7, 11) is 0. The number of hydrogen-bond donors (Lipinski definition) is 3. The summed E-state index contributed by atoms with van der Waals surface area (Å²) in [4.78, 5) is 21.3. The van der Waals surface area contributed by atoms with Crippen LogP contribution in [0.25, 0.3) is 0 Å². The van der Waals surface area contributed by atoms with E-state index in [2.05, 4.69) is 10.6 Å². The number of nitrogens with one attached hydrogen (secondary N) is 2. The van der Waals surface area contributed by atoms with Gasteiger partial charge < -0.3 is 15.7 Å². The molecule has 0 aromatic carbocycles. The topological polar surface area (TPSA) is 78.4 Å². The van der Waals surface area contributed by atoms with Crippen LogP contribution < -0.4 is 10.6 Å². The predicted octanol–water partition coefficient (Wildman–Crippen LogP) is 0.559. The van der Waals surface area contributed by atoms with Crippen LogP contribution in [-0.4, -0.2) is 29.7 Å². The second-order valence-corrected chi connectivity index (χ2v) is 3.67. The average molecular weight is 200 g/mol. The van der Waals surface area contributed by atoms with E-state index in [9.17, 15) is 9.59 Å². The van der Waals surface area contributed by atoms with Crippen LogP contribution in [0.4, 0.5) is 4.79 Å². The van der Waals surface area contributed by atoms with Gasteiger partial charge in [0.25, 0.3) is 0 Å². The second kappa shape index (κ2) is 4.83. The number of carbonyl (C=O) groups is 2. The zero-order valence-corrected chi connectivity index (χ0v) is 8.25. The van der Waals surface area contributed by atoms with Crippen molar-refractivity contribution in [3.63, 3.8) is 0 Å². The van der Waals surface area contributed by atoms with Gasteiger partial charge in [0.1, 0.15) is 0 Å². The Hall–Kier alpha value is -1.26. The largest absolute Gasteiger partial charge is 0.481 e. The van der Waals surface area contributed by atoms with Crippen LogP contribution in [0.1, 0.15) is 26.2 Å². The molecule has 1 atom stereocenters. The van der Waals surface area contributed by atoms with E-state index in [1.54, 1.807) is 0 Å². The number of urea groups is 1. The Morgan fingerprint density at radius 2 is 2.14 bits per heavy atom. The highest BCUT2D eigenvalue weighted by atomic mass is 16.4. The Morgan fingerprint density at radius 1 is 1.50 bits per heavy atom. The maximum atomic E-state index is 11.2. The molecule has 1 aliphatic carbocycles. The molecule has 14 heavy (non-hydrogen) atoms. The molecule has 2 amide bonds. The van der Waals surface area contributed by atoms with E-state index >= 15 is 0 Å². The second-order valence-electron chi connectivity index (χ2n) is 3.67. The van der Waals surface area contributed by atoms with Crippen molar-refractivity contribution in [1.82, 2.24) is 10.6 Å². The maximum Gasteiger partial charge on any atom is 0.315 e. The van der Waals surface area contributed by atoms with Gasteiger partial charge in [0.05, 0.1) is 6.42 Å². The first kappa shape index (κ1) is 10.8. The third-order valence-corrected chi connectivity index (χ3v) is 2.31. The van der Waals surface area contributed by atoms with Crippen molar-refractivity contribution >= 4 is 12.0 Å². The van der Waals surface area contributed by atoms with E-state index in [0.717, 1.165) is 0 Å². The van der Waals surface area contributed by atoms with Gasteiger partial charge in [-0.1, -0.05) is 0 Å². The van der Waals surface area contributed by atoms with E-state index in [4.69, 9.17) is 5.11 Å². The summed E-state index contributed by atoms with van der Waals surface area (Å²) < 4.78 is 0. The SMILES string of the molecule is C[C@@H](NC(=O)NCCC(=O)O)C1CC1. The van der Waals surface area contributed by atoms with Crippen molar-refractivity contribution in [1.29, 1.82) is 0 Å². The Labute approximate surface area is 82.9 Å². The number of carboxylic acids is 1. The van der Waals surface area contributed by atoms with Gasteiger partial charge in [-0.05, 0) is 25.7 Å². The van der Waals surface area contributed by atoms with Gasteiger partial charge in [-0.15, -0.1) is 0 Å². The van der Waals surface area contributed by atoms with Crippen molar-refractivity contribution in [3.8, 4) is 0 Å². The molecule has 1 rings (SSSR count). The number of carbonyl (C=O) groups excluding carboxylic acids is 1. The minimum absolute atomic E-state index is 0.0365. The van der Waals surface area contributed by atoms with Gasteiger partial charge in [0, 0.05) is 12.6 Å². The first-order valence-corrected chi connectivity index (χ1v) is 4.85. The first-order chi connectivity index (χ1) is 6.59. The standard InChI is InChI=1S/C9H16N2O3/c1-6(7-2-3-7)11-9(14)10-5-4-8(12)13/h6-7H,2-5H2,1H3,(H,12,13)(H2,10,11,14)/t6-/m1/s1. The highest BCUT2D eigenvalue weighted by molar-refractivity contribution is 5.75. The Balaban J connectivity index is 2.05. The van der Waals surface area contributed by atoms with Crippen molar-refractivity contribution in [3.05, 3.63) is 0 Å². The van der Waals surface area contributed by atoms with Gasteiger partial charge in [-0.3, -0.25) is 4.79 Å². The fourth-order valence-electron chi connectivity index (χ4n) is 1.25. The lowest BCUT2D eigenvalue weighted by molar-refractivity contribution is -0.136. The quantitative estimate of drug-likeness (QED) is 0.606. The number of carboxylic acid groups (broad SMARTS) is 1. The molecule has 0 unspecified atom stereocenters. The number of hydrogen-bond acceptors (Lipinski definition) is 2. The molecule has 1 fully saturated rings. The van der Waals surface area contributed by atoms with Crippen LogP contribution in [0.15, 0.2) is 0 Å².